The molecule has 0 saturated heterocycles. The fraction of sp³-hybridized carbons (Fsp3) is 0. The Bertz CT molecular complexity index is 2630. The molecule has 10 aromatic heterocycles. The molecule has 0 radical (unpaired) electrons. The van der Waals surface area contributed by atoms with E-state index in [9.17, 15) is 0 Å². The molecular formula is C44H24N2S8. The summed E-state index contributed by atoms with van der Waals surface area (Å²) in [7, 11) is 0. The number of pyridine rings is 2. The minimum Gasteiger partial charge on any atom is -0.244 e. The first kappa shape index (κ1) is 34.0. The van der Waals surface area contributed by atoms with Crippen molar-refractivity contribution in [1.82, 2.24) is 9.97 Å². The fourth-order valence-electron chi connectivity index (χ4n) is 6.56. The van der Waals surface area contributed by atoms with Crippen LogP contribution in [0.25, 0.3) is 84.0 Å². The zero-order chi connectivity index (χ0) is 35.8. The molecule has 0 aliphatic heterocycles. The Morgan fingerprint density at radius 2 is 0.519 bits per heavy atom. The molecule has 10 heterocycles. The van der Waals surface area contributed by atoms with Crippen molar-refractivity contribution in [3.05, 3.63) is 151 Å². The van der Waals surface area contributed by atoms with Crippen LogP contribution in [0.15, 0.2) is 140 Å². The van der Waals surface area contributed by atoms with Crippen molar-refractivity contribution in [2.75, 3.05) is 0 Å². The third-order valence-corrected chi connectivity index (χ3v) is 15.9. The highest BCUT2D eigenvalue weighted by Crippen LogP contribution is 2.50. The van der Waals surface area contributed by atoms with Crippen molar-refractivity contribution in [1.29, 1.82) is 0 Å². The largest absolute Gasteiger partial charge is 0.244 e. The fourth-order valence-corrected chi connectivity index (χ4v) is 12.6. The van der Waals surface area contributed by atoms with Gasteiger partial charge >= 0.3 is 0 Å². The van der Waals surface area contributed by atoms with Crippen LogP contribution in [-0.2, 0) is 0 Å². The zero-order valence-corrected chi connectivity index (χ0v) is 34.5. The van der Waals surface area contributed by atoms with Crippen molar-refractivity contribution in [3.8, 4) is 95.9 Å². The van der Waals surface area contributed by atoms with Gasteiger partial charge in [-0.25, -0.2) is 9.97 Å². The SMILES string of the molecule is C(#Cc1c(-c2cccs2)nc(-c2cccs2)c(-c2cccs2)c1-c1cccs1)c1c(-c2cccs2)nc(-c2cccs2)c(-c2cccs2)c1-c1cccs1. The maximum absolute atomic E-state index is 5.57. The summed E-state index contributed by atoms with van der Waals surface area (Å²) < 4.78 is 0. The number of aromatic nitrogens is 2. The quantitative estimate of drug-likeness (QED) is 0.143. The normalized spacial score (nSPS) is 11.2. The van der Waals surface area contributed by atoms with Crippen LogP contribution in [-0.4, -0.2) is 9.97 Å². The predicted octanol–water partition coefficient (Wildman–Crippen LogP) is 15.7. The first-order chi connectivity index (χ1) is 26.8. The van der Waals surface area contributed by atoms with E-state index in [0.29, 0.717) is 0 Å². The summed E-state index contributed by atoms with van der Waals surface area (Å²) in [5.41, 5.74) is 10.1. The van der Waals surface area contributed by atoms with Crippen LogP contribution < -0.4 is 0 Å². The van der Waals surface area contributed by atoms with Crippen LogP contribution >= 0.6 is 90.7 Å². The molecule has 10 rings (SSSR count). The molecule has 10 aromatic rings. The Morgan fingerprint density at radius 3 is 0.778 bits per heavy atom. The van der Waals surface area contributed by atoms with Crippen molar-refractivity contribution in [2.45, 2.75) is 0 Å². The molecule has 0 aromatic carbocycles. The lowest BCUT2D eigenvalue weighted by atomic mass is 9.92. The minimum absolute atomic E-state index is 0.904. The molecule has 0 unspecified atom stereocenters. The predicted molar refractivity (Wildman–Crippen MR) is 241 cm³/mol. The van der Waals surface area contributed by atoms with Crippen molar-refractivity contribution >= 4 is 90.7 Å². The van der Waals surface area contributed by atoms with Gasteiger partial charge in [0.05, 0.1) is 53.4 Å². The van der Waals surface area contributed by atoms with Gasteiger partial charge in [-0.05, 0) is 91.6 Å². The minimum atomic E-state index is 0.904. The third-order valence-electron chi connectivity index (χ3n) is 8.80. The van der Waals surface area contributed by atoms with Gasteiger partial charge in [0.1, 0.15) is 0 Å². The van der Waals surface area contributed by atoms with E-state index in [1.54, 1.807) is 90.7 Å². The number of hydrogen-bond acceptors (Lipinski definition) is 10. The maximum atomic E-state index is 5.57. The van der Waals surface area contributed by atoms with Gasteiger partial charge in [-0.2, -0.15) is 0 Å². The molecule has 2 nitrogen and oxygen atoms in total. The first-order valence-electron chi connectivity index (χ1n) is 16.8. The molecule has 0 atom stereocenters. The number of nitrogens with zero attached hydrogens (tertiary/aromatic N) is 2. The topological polar surface area (TPSA) is 25.8 Å². The van der Waals surface area contributed by atoms with Crippen LogP contribution in [0.5, 0.6) is 0 Å². The molecular weight excluding hydrogens is 813 g/mol. The molecule has 10 heteroatoms. The van der Waals surface area contributed by atoms with E-state index in [2.05, 4.69) is 152 Å². The lowest BCUT2D eigenvalue weighted by Gasteiger charge is -2.18. The number of thiophene rings is 8. The summed E-state index contributed by atoms with van der Waals surface area (Å²) >= 11 is 13.8. The van der Waals surface area contributed by atoms with Gasteiger partial charge in [0.25, 0.3) is 0 Å². The summed E-state index contributed by atoms with van der Waals surface area (Å²) in [6, 6.07) is 34.5. The second-order valence-corrected chi connectivity index (χ2v) is 19.5. The first-order valence-corrected chi connectivity index (χ1v) is 23.8. The van der Waals surface area contributed by atoms with Gasteiger partial charge in [0.15, 0.2) is 0 Å². The van der Waals surface area contributed by atoms with Crippen LogP contribution in [0.4, 0.5) is 0 Å². The van der Waals surface area contributed by atoms with Gasteiger partial charge in [0.2, 0.25) is 0 Å². The van der Waals surface area contributed by atoms with Gasteiger partial charge in [-0.15, -0.1) is 90.7 Å². The maximum Gasteiger partial charge on any atom is 0.0973 e. The number of hydrogen-bond donors (Lipinski definition) is 0. The molecule has 0 spiro atoms. The monoisotopic (exact) mass is 836 g/mol. The molecule has 0 N–H and O–H groups in total. The van der Waals surface area contributed by atoms with Crippen LogP contribution in [0.3, 0.4) is 0 Å². The van der Waals surface area contributed by atoms with E-state index in [1.165, 1.54) is 19.5 Å². The highest BCUT2D eigenvalue weighted by molar-refractivity contribution is 7.16. The smallest absolute Gasteiger partial charge is 0.0973 e. The van der Waals surface area contributed by atoms with E-state index in [-0.39, 0.29) is 0 Å². The Kier molecular flexibility index (Phi) is 9.41. The lowest BCUT2D eigenvalue weighted by Crippen LogP contribution is -2.01. The summed E-state index contributed by atoms with van der Waals surface area (Å²) in [5, 5.41) is 17.1. The average Bonchev–Trinajstić information content (AvgIpc) is 4.07. The Hall–Kier alpha value is -4.54. The molecule has 0 bridgehead atoms. The van der Waals surface area contributed by atoms with Crippen LogP contribution in [0.2, 0.25) is 0 Å². The summed E-state index contributed by atoms with van der Waals surface area (Å²) in [5.74, 6) is 7.73. The summed E-state index contributed by atoms with van der Waals surface area (Å²) in [6.45, 7) is 0. The Labute approximate surface area is 344 Å². The van der Waals surface area contributed by atoms with E-state index in [0.717, 1.165) is 75.7 Å². The second kappa shape index (κ2) is 14.9. The summed E-state index contributed by atoms with van der Waals surface area (Å²) in [6.07, 6.45) is 0. The Balaban J connectivity index is 1.35. The van der Waals surface area contributed by atoms with E-state index < -0.39 is 0 Å². The molecule has 0 amide bonds. The molecule has 0 saturated carbocycles. The Morgan fingerprint density at radius 1 is 0.278 bits per heavy atom. The van der Waals surface area contributed by atoms with E-state index in [4.69, 9.17) is 9.97 Å². The van der Waals surface area contributed by atoms with Crippen molar-refractivity contribution in [2.24, 2.45) is 0 Å². The van der Waals surface area contributed by atoms with E-state index >= 15 is 0 Å². The van der Waals surface area contributed by atoms with Crippen molar-refractivity contribution in [3.63, 3.8) is 0 Å². The van der Waals surface area contributed by atoms with Crippen LogP contribution in [0.1, 0.15) is 11.1 Å². The van der Waals surface area contributed by atoms with Crippen molar-refractivity contribution < 1.29 is 0 Å². The molecule has 258 valence electrons. The summed E-state index contributed by atoms with van der Waals surface area (Å²) in [4.78, 5) is 20.3. The third kappa shape index (κ3) is 6.21. The average molecular weight is 837 g/mol. The molecule has 0 fully saturated rings. The standard InChI is InChI=1S/C44H24N2S8/c1-9-29(47-19-1)37-27(41(33-13-5-23-51-33)45-43(35-15-7-25-53-35)39(37)31-11-3-21-49-31)17-18-28-38(30-10-2-20-48-30)40(32-12-4-22-50-32)44(36-16-8-26-54-36)46-42(28)34-14-6-24-52-34/h1-16,19-26H. The highest BCUT2D eigenvalue weighted by atomic mass is 32.1. The zero-order valence-electron chi connectivity index (χ0n) is 28.0. The van der Waals surface area contributed by atoms with Gasteiger partial charge in [-0.3, -0.25) is 0 Å². The molecule has 0 aliphatic rings. The lowest BCUT2D eigenvalue weighted by molar-refractivity contribution is 1.33. The highest BCUT2D eigenvalue weighted by Gasteiger charge is 2.28. The molecule has 0 aliphatic carbocycles. The van der Waals surface area contributed by atoms with E-state index in [1.807, 2.05) is 0 Å². The van der Waals surface area contributed by atoms with Gasteiger partial charge in [0, 0.05) is 41.8 Å². The molecule has 54 heavy (non-hydrogen) atoms. The van der Waals surface area contributed by atoms with Crippen LogP contribution in [0, 0.1) is 11.8 Å². The van der Waals surface area contributed by atoms with Gasteiger partial charge < -0.3 is 0 Å². The second-order valence-electron chi connectivity index (χ2n) is 11.9. The van der Waals surface area contributed by atoms with Gasteiger partial charge in [-0.1, -0.05) is 60.4 Å². The number of rotatable bonds is 8.